The van der Waals surface area contributed by atoms with Crippen molar-refractivity contribution in [2.75, 3.05) is 14.7 Å². The highest BCUT2D eigenvalue weighted by Gasteiger charge is 2.53. The molecule has 6 aromatic carbocycles. The molecule has 10 rings (SSSR count). The lowest BCUT2D eigenvalue weighted by atomic mass is 9.33. The molecular weight excluding hydrogens is 559 g/mol. The third-order valence-corrected chi connectivity index (χ3v) is 10.2. The van der Waals surface area contributed by atoms with Crippen LogP contribution in [0.1, 0.15) is 13.8 Å². The van der Waals surface area contributed by atoms with Crippen molar-refractivity contribution in [1.29, 1.82) is 0 Å². The maximum Gasteiger partial charge on any atom is 0.255 e. The van der Waals surface area contributed by atoms with Crippen LogP contribution < -0.4 is 31.1 Å². The highest BCUT2D eigenvalue weighted by molar-refractivity contribution is 7.01. The van der Waals surface area contributed by atoms with Crippen LogP contribution in [-0.2, 0) is 0 Å². The molecule has 5 heteroatoms. The van der Waals surface area contributed by atoms with Gasteiger partial charge in [0.25, 0.3) is 6.71 Å². The number of fused-ring (bicyclic) bond motifs is 6. The lowest BCUT2D eigenvalue weighted by molar-refractivity contribution is 0.541. The van der Waals surface area contributed by atoms with E-state index >= 15 is 0 Å². The Morgan fingerprint density at radius 2 is 1.07 bits per heavy atom. The molecule has 0 bridgehead atoms. The molecular formula is C41H31BN4. The highest BCUT2D eigenvalue weighted by atomic mass is 15.5. The van der Waals surface area contributed by atoms with Crippen LogP contribution in [0.15, 0.2) is 152 Å². The molecule has 0 radical (unpaired) electrons. The number of aromatic nitrogens is 1. The number of rotatable bonds is 3. The minimum atomic E-state index is -0.338. The minimum Gasteiger partial charge on any atom is -0.317 e. The van der Waals surface area contributed by atoms with Crippen molar-refractivity contribution in [2.24, 2.45) is 0 Å². The molecule has 4 heterocycles. The molecule has 3 aliphatic heterocycles. The lowest BCUT2D eigenvalue weighted by Crippen LogP contribution is -2.63. The summed E-state index contributed by atoms with van der Waals surface area (Å²) in [5.74, 6) is 1.21. The summed E-state index contributed by atoms with van der Waals surface area (Å²) in [5.41, 5.74) is 13.5. The monoisotopic (exact) mass is 590 g/mol. The molecule has 0 saturated heterocycles. The summed E-state index contributed by atoms with van der Waals surface area (Å²) in [6.07, 6.45) is 0. The van der Waals surface area contributed by atoms with E-state index in [9.17, 15) is 0 Å². The molecule has 218 valence electrons. The van der Waals surface area contributed by atoms with E-state index in [0.717, 1.165) is 11.4 Å². The van der Waals surface area contributed by atoms with Crippen LogP contribution in [0.25, 0.3) is 16.6 Å². The van der Waals surface area contributed by atoms with Gasteiger partial charge in [-0.2, -0.15) is 0 Å². The van der Waals surface area contributed by atoms with Gasteiger partial charge in [-0.15, -0.1) is 0 Å². The Hall–Kier alpha value is -5.68. The van der Waals surface area contributed by atoms with E-state index in [1.165, 1.54) is 61.5 Å². The van der Waals surface area contributed by atoms with Gasteiger partial charge in [-0.1, -0.05) is 91.0 Å². The molecule has 0 unspecified atom stereocenters. The molecule has 0 amide bonds. The molecule has 0 atom stereocenters. The first-order valence-corrected chi connectivity index (χ1v) is 16.1. The number of para-hydroxylation sites is 5. The fraction of sp³-hybridized carbons (Fsp3) is 0.0732. The van der Waals surface area contributed by atoms with E-state index in [1.54, 1.807) is 0 Å². The Kier molecular flexibility index (Phi) is 5.11. The number of nitrogens with zero attached hydrogens (tertiary/aromatic N) is 4. The maximum absolute atomic E-state index is 2.60. The zero-order chi connectivity index (χ0) is 30.6. The summed E-state index contributed by atoms with van der Waals surface area (Å²) in [5, 5.41) is 1.29. The number of anilines is 7. The van der Waals surface area contributed by atoms with E-state index in [0.29, 0.717) is 0 Å². The summed E-state index contributed by atoms with van der Waals surface area (Å²) in [6, 6.07) is 55.4. The molecule has 0 N–H and O–H groups in total. The lowest BCUT2D eigenvalue weighted by Gasteiger charge is -2.46. The fourth-order valence-electron chi connectivity index (χ4n) is 8.55. The molecule has 0 aliphatic carbocycles. The van der Waals surface area contributed by atoms with Gasteiger partial charge in [-0.3, -0.25) is 9.47 Å². The van der Waals surface area contributed by atoms with Gasteiger partial charge in [0.1, 0.15) is 11.5 Å². The first-order chi connectivity index (χ1) is 22.6. The van der Waals surface area contributed by atoms with Crippen molar-refractivity contribution >= 4 is 73.9 Å². The van der Waals surface area contributed by atoms with E-state index in [-0.39, 0.29) is 12.4 Å². The molecule has 3 aliphatic rings. The summed E-state index contributed by atoms with van der Waals surface area (Å²) >= 11 is 0. The largest absolute Gasteiger partial charge is 0.317 e. The van der Waals surface area contributed by atoms with Gasteiger partial charge in [0, 0.05) is 28.4 Å². The molecule has 0 fully saturated rings. The van der Waals surface area contributed by atoms with Crippen LogP contribution in [0, 0.1) is 0 Å². The summed E-state index contributed by atoms with van der Waals surface area (Å²) in [4.78, 5) is 7.63. The quantitative estimate of drug-likeness (QED) is 0.193. The van der Waals surface area contributed by atoms with Crippen molar-refractivity contribution in [2.45, 2.75) is 19.5 Å². The number of hydrogen-bond donors (Lipinski definition) is 0. The van der Waals surface area contributed by atoms with Crippen LogP contribution in [0.5, 0.6) is 0 Å². The predicted octanol–water partition coefficient (Wildman–Crippen LogP) is 8.27. The van der Waals surface area contributed by atoms with E-state index in [1.807, 2.05) is 0 Å². The van der Waals surface area contributed by atoms with Crippen molar-refractivity contribution < 1.29 is 0 Å². The number of hydrogen-bond acceptors (Lipinski definition) is 3. The molecule has 1 aromatic heterocycles. The van der Waals surface area contributed by atoms with E-state index in [4.69, 9.17) is 0 Å². The van der Waals surface area contributed by atoms with Gasteiger partial charge >= 0.3 is 0 Å². The zero-order valence-electron chi connectivity index (χ0n) is 25.8. The standard InChI is InChI=1S/C41H31BN4/c1-41(2)45(30-20-10-5-11-21-30)36-27-14-23-32-39(36)46(41)35-26-15-25-34-38(35)42(32)37-31-22-12-13-24-33(31)43(28-16-6-3-7-17-28)40(37)44(34)29-18-8-4-9-19-29/h3-27H,1-2H3. The topological polar surface area (TPSA) is 14.7 Å². The zero-order valence-corrected chi connectivity index (χ0v) is 25.8. The fourth-order valence-corrected chi connectivity index (χ4v) is 8.55. The van der Waals surface area contributed by atoms with Crippen LogP contribution in [0.3, 0.4) is 0 Å². The molecule has 0 spiro atoms. The third-order valence-electron chi connectivity index (χ3n) is 10.2. The summed E-state index contributed by atoms with van der Waals surface area (Å²) in [6.45, 7) is 4.77. The van der Waals surface area contributed by atoms with Crippen molar-refractivity contribution in [3.05, 3.63) is 152 Å². The minimum absolute atomic E-state index is 0.0637. The smallest absolute Gasteiger partial charge is 0.255 e. The van der Waals surface area contributed by atoms with Gasteiger partial charge in [-0.05, 0) is 96.3 Å². The average molecular weight is 591 g/mol. The SMILES string of the molecule is CC1(C)N(c2ccccc2)c2cccc3c2N1c1cccc2c1B3c1c(n(-c3ccccc3)c3ccccc13)N2c1ccccc1. The second-order valence-electron chi connectivity index (χ2n) is 13.0. The van der Waals surface area contributed by atoms with Gasteiger partial charge in [0.05, 0.1) is 16.9 Å². The summed E-state index contributed by atoms with van der Waals surface area (Å²) in [7, 11) is 0. The maximum atomic E-state index is 2.60. The second-order valence-corrected chi connectivity index (χ2v) is 13.0. The Bertz CT molecular complexity index is 2310. The Balaban J connectivity index is 1.36. The highest BCUT2D eigenvalue weighted by Crippen LogP contribution is 2.54. The van der Waals surface area contributed by atoms with Crippen molar-refractivity contribution in [1.82, 2.24) is 4.57 Å². The molecule has 4 nitrogen and oxygen atoms in total. The van der Waals surface area contributed by atoms with Gasteiger partial charge < -0.3 is 9.80 Å². The van der Waals surface area contributed by atoms with E-state index < -0.39 is 0 Å². The molecule has 46 heavy (non-hydrogen) atoms. The first-order valence-electron chi connectivity index (χ1n) is 16.1. The normalized spacial score (nSPS) is 15.2. The van der Waals surface area contributed by atoms with Crippen LogP contribution >= 0.6 is 0 Å². The molecule has 0 saturated carbocycles. The summed E-state index contributed by atoms with van der Waals surface area (Å²) < 4.78 is 2.48. The van der Waals surface area contributed by atoms with Gasteiger partial charge in [0.15, 0.2) is 0 Å². The van der Waals surface area contributed by atoms with Crippen molar-refractivity contribution in [3.63, 3.8) is 0 Å². The van der Waals surface area contributed by atoms with Crippen LogP contribution in [0.4, 0.5) is 39.9 Å². The second kappa shape index (κ2) is 9.18. The Morgan fingerprint density at radius 1 is 0.478 bits per heavy atom. The van der Waals surface area contributed by atoms with Crippen LogP contribution in [-0.4, -0.2) is 16.9 Å². The third kappa shape index (κ3) is 3.19. The first kappa shape index (κ1) is 25.6. The van der Waals surface area contributed by atoms with Crippen molar-refractivity contribution in [3.8, 4) is 5.69 Å². The average Bonchev–Trinajstić information content (AvgIpc) is 3.56. The number of benzene rings is 6. The van der Waals surface area contributed by atoms with Crippen LogP contribution in [0.2, 0.25) is 0 Å². The van der Waals surface area contributed by atoms with Gasteiger partial charge in [0.2, 0.25) is 0 Å². The Morgan fingerprint density at radius 3 is 1.80 bits per heavy atom. The Labute approximate surface area is 269 Å². The van der Waals surface area contributed by atoms with Gasteiger partial charge in [-0.25, -0.2) is 0 Å². The van der Waals surface area contributed by atoms with E-state index in [2.05, 4.69) is 185 Å². The predicted molar refractivity (Wildman–Crippen MR) is 194 cm³/mol. The molecule has 7 aromatic rings.